The van der Waals surface area contributed by atoms with Gasteiger partial charge >= 0.3 is 0 Å². The van der Waals surface area contributed by atoms with Gasteiger partial charge in [-0.2, -0.15) is 0 Å². The van der Waals surface area contributed by atoms with Crippen molar-refractivity contribution in [2.24, 2.45) is 0 Å². The lowest BCUT2D eigenvalue weighted by Crippen LogP contribution is -2.52. The fourth-order valence-electron chi connectivity index (χ4n) is 4.01. The Morgan fingerprint density at radius 3 is 2.23 bits per heavy atom. The van der Waals surface area contributed by atoms with Crippen molar-refractivity contribution in [3.63, 3.8) is 0 Å². The van der Waals surface area contributed by atoms with Crippen LogP contribution in [0.2, 0.25) is 0 Å². The molecular weight excluding hydrogens is 520 g/mol. The summed E-state index contributed by atoms with van der Waals surface area (Å²) in [7, 11) is -4.31. The Bertz CT molecular complexity index is 1440. The van der Waals surface area contributed by atoms with Crippen LogP contribution >= 0.6 is 0 Å². The largest absolute Gasteiger partial charge is 0.352 e. The van der Waals surface area contributed by atoms with Gasteiger partial charge in [0, 0.05) is 24.7 Å². The molecule has 0 aliphatic heterocycles. The first kappa shape index (κ1) is 29.3. The second-order valence-electron chi connectivity index (χ2n) is 9.45. The van der Waals surface area contributed by atoms with E-state index >= 15 is 0 Å². The Morgan fingerprint density at radius 1 is 0.949 bits per heavy atom. The molecule has 1 N–H and O–H groups in total. The number of nitrogens with one attached hydrogen (secondary N) is 1. The minimum atomic E-state index is -4.31. The Labute approximate surface area is 228 Å². The molecule has 0 fully saturated rings. The monoisotopic (exact) mass is 552 g/mol. The van der Waals surface area contributed by atoms with E-state index in [9.17, 15) is 28.1 Å². The van der Waals surface area contributed by atoms with Crippen molar-refractivity contribution in [1.82, 2.24) is 10.2 Å². The molecule has 0 radical (unpaired) electrons. The van der Waals surface area contributed by atoms with Crippen LogP contribution in [0, 0.1) is 17.0 Å². The first-order valence-electron chi connectivity index (χ1n) is 12.4. The molecule has 0 aliphatic rings. The molecule has 2 amide bonds. The van der Waals surface area contributed by atoms with Gasteiger partial charge in [-0.05, 0) is 51.5 Å². The van der Waals surface area contributed by atoms with Crippen molar-refractivity contribution in [1.29, 1.82) is 0 Å². The molecule has 0 heterocycles. The van der Waals surface area contributed by atoms with Crippen LogP contribution in [0.25, 0.3) is 0 Å². The summed E-state index contributed by atoms with van der Waals surface area (Å²) in [5.74, 6) is -1.03. The minimum Gasteiger partial charge on any atom is -0.352 e. The number of amides is 2. The van der Waals surface area contributed by atoms with Crippen LogP contribution in [0.5, 0.6) is 0 Å². The fourth-order valence-corrected chi connectivity index (χ4v) is 5.43. The van der Waals surface area contributed by atoms with E-state index in [1.165, 1.54) is 35.2 Å². The van der Waals surface area contributed by atoms with E-state index in [4.69, 9.17) is 0 Å². The number of sulfonamides is 1. The third-order valence-corrected chi connectivity index (χ3v) is 7.76. The first-order valence-corrected chi connectivity index (χ1v) is 13.8. The molecule has 3 aromatic carbocycles. The van der Waals surface area contributed by atoms with Crippen LogP contribution < -0.4 is 9.62 Å². The number of nitro benzene ring substituents is 1. The summed E-state index contributed by atoms with van der Waals surface area (Å²) in [6.45, 7) is 6.46. The van der Waals surface area contributed by atoms with E-state index < -0.39 is 33.4 Å². The summed E-state index contributed by atoms with van der Waals surface area (Å²) in [6, 6.07) is 18.9. The average Bonchev–Trinajstić information content (AvgIpc) is 2.90. The topological polar surface area (TPSA) is 130 Å². The molecular formula is C28H32N4O6S. The molecule has 39 heavy (non-hydrogen) atoms. The lowest BCUT2D eigenvalue weighted by molar-refractivity contribution is -0.384. The predicted molar refractivity (Wildman–Crippen MR) is 149 cm³/mol. The SMILES string of the molecule is Cc1cccc(CN(C(=O)CN(c2cccc([N+](=O)[O-])c2)S(=O)(=O)c2ccccc2)C(C)C(=O)NC(C)C)c1. The average molecular weight is 553 g/mol. The molecule has 1 unspecified atom stereocenters. The van der Waals surface area contributed by atoms with Crippen LogP contribution in [0.3, 0.4) is 0 Å². The van der Waals surface area contributed by atoms with Gasteiger partial charge in [-0.15, -0.1) is 0 Å². The first-order chi connectivity index (χ1) is 18.4. The summed E-state index contributed by atoms with van der Waals surface area (Å²) >= 11 is 0. The van der Waals surface area contributed by atoms with Crippen LogP contribution in [-0.4, -0.2) is 48.7 Å². The van der Waals surface area contributed by atoms with E-state index in [2.05, 4.69) is 5.32 Å². The molecule has 0 saturated heterocycles. The summed E-state index contributed by atoms with van der Waals surface area (Å²) in [5.41, 5.74) is 1.36. The summed E-state index contributed by atoms with van der Waals surface area (Å²) < 4.78 is 28.3. The second-order valence-corrected chi connectivity index (χ2v) is 11.3. The van der Waals surface area contributed by atoms with Gasteiger partial charge in [0.05, 0.1) is 15.5 Å². The van der Waals surface area contributed by atoms with E-state index in [1.54, 1.807) is 39.0 Å². The number of rotatable bonds is 11. The number of hydrogen-bond donors (Lipinski definition) is 1. The molecule has 0 bridgehead atoms. The fraction of sp³-hybridized carbons (Fsp3) is 0.286. The Hall–Kier alpha value is -4.25. The van der Waals surface area contributed by atoms with E-state index in [1.807, 2.05) is 31.2 Å². The molecule has 3 rings (SSSR count). The van der Waals surface area contributed by atoms with Gasteiger partial charge in [-0.3, -0.25) is 24.0 Å². The van der Waals surface area contributed by atoms with Crippen molar-refractivity contribution in [3.05, 3.63) is 100 Å². The molecule has 0 aromatic heterocycles. The molecule has 206 valence electrons. The zero-order valence-electron chi connectivity index (χ0n) is 22.3. The molecule has 0 spiro atoms. The smallest absolute Gasteiger partial charge is 0.271 e. The Balaban J connectivity index is 2.07. The number of carbonyl (C=O) groups excluding carboxylic acids is 2. The van der Waals surface area contributed by atoms with Gasteiger partial charge in [-0.25, -0.2) is 8.42 Å². The van der Waals surface area contributed by atoms with Crippen molar-refractivity contribution in [2.45, 2.75) is 51.2 Å². The number of nitrogens with zero attached hydrogens (tertiary/aromatic N) is 3. The van der Waals surface area contributed by atoms with Gasteiger partial charge in [0.1, 0.15) is 12.6 Å². The lowest BCUT2D eigenvalue weighted by Gasteiger charge is -2.32. The number of hydrogen-bond acceptors (Lipinski definition) is 6. The van der Waals surface area contributed by atoms with Crippen LogP contribution in [0.1, 0.15) is 31.9 Å². The summed E-state index contributed by atoms with van der Waals surface area (Å²) in [5, 5.41) is 14.2. The van der Waals surface area contributed by atoms with Crippen molar-refractivity contribution in [2.75, 3.05) is 10.8 Å². The van der Waals surface area contributed by atoms with Gasteiger partial charge < -0.3 is 10.2 Å². The van der Waals surface area contributed by atoms with Crippen LogP contribution in [-0.2, 0) is 26.2 Å². The molecule has 10 nitrogen and oxygen atoms in total. The number of carbonyl (C=O) groups is 2. The van der Waals surface area contributed by atoms with Crippen molar-refractivity contribution < 1.29 is 22.9 Å². The third kappa shape index (κ3) is 7.41. The number of benzene rings is 3. The highest BCUT2D eigenvalue weighted by Crippen LogP contribution is 2.27. The zero-order chi connectivity index (χ0) is 28.7. The van der Waals surface area contributed by atoms with Gasteiger partial charge in [-0.1, -0.05) is 54.1 Å². The van der Waals surface area contributed by atoms with E-state index in [0.717, 1.165) is 21.5 Å². The van der Waals surface area contributed by atoms with Crippen LogP contribution in [0.15, 0.2) is 83.8 Å². The Morgan fingerprint density at radius 2 is 1.62 bits per heavy atom. The van der Waals surface area contributed by atoms with Gasteiger partial charge in [0.2, 0.25) is 11.8 Å². The normalized spacial score (nSPS) is 12.0. The number of nitro groups is 1. The maximum atomic E-state index is 13.9. The third-order valence-electron chi connectivity index (χ3n) is 5.97. The highest BCUT2D eigenvalue weighted by molar-refractivity contribution is 7.92. The number of aryl methyl sites for hydroxylation is 1. The van der Waals surface area contributed by atoms with Crippen molar-refractivity contribution >= 4 is 33.2 Å². The second kappa shape index (κ2) is 12.5. The number of non-ortho nitro benzene ring substituents is 1. The summed E-state index contributed by atoms with van der Waals surface area (Å²) in [4.78, 5) is 38.8. The maximum Gasteiger partial charge on any atom is 0.271 e. The highest BCUT2D eigenvalue weighted by atomic mass is 32.2. The van der Waals surface area contributed by atoms with Crippen LogP contribution in [0.4, 0.5) is 11.4 Å². The zero-order valence-corrected chi connectivity index (χ0v) is 23.1. The Kier molecular flexibility index (Phi) is 9.42. The maximum absolute atomic E-state index is 13.9. The van der Waals surface area contributed by atoms with Crippen molar-refractivity contribution in [3.8, 4) is 0 Å². The molecule has 0 saturated carbocycles. The molecule has 0 aliphatic carbocycles. The molecule has 11 heteroatoms. The number of anilines is 1. The van der Waals surface area contributed by atoms with E-state index in [0.29, 0.717) is 0 Å². The van der Waals surface area contributed by atoms with E-state index in [-0.39, 0.29) is 34.8 Å². The lowest BCUT2D eigenvalue weighted by atomic mass is 10.1. The highest BCUT2D eigenvalue weighted by Gasteiger charge is 2.33. The standard InChI is InChI=1S/C28H32N4O6S/c1-20(2)29-28(34)22(4)30(18-23-11-8-10-21(3)16-23)27(33)19-31(24-12-9-13-25(17-24)32(35)36)39(37,38)26-14-6-5-7-15-26/h5-17,20,22H,18-19H2,1-4H3,(H,29,34). The van der Waals surface area contributed by atoms with Gasteiger partial charge in [0.25, 0.3) is 15.7 Å². The predicted octanol–water partition coefficient (Wildman–Crippen LogP) is 4.04. The van der Waals surface area contributed by atoms with Gasteiger partial charge in [0.15, 0.2) is 0 Å². The molecule has 1 atom stereocenters. The minimum absolute atomic E-state index is 0.0452. The quantitative estimate of drug-likeness (QED) is 0.282. The summed E-state index contributed by atoms with van der Waals surface area (Å²) in [6.07, 6.45) is 0. The molecule has 3 aromatic rings.